The van der Waals surface area contributed by atoms with E-state index in [1.807, 2.05) is 0 Å². The lowest BCUT2D eigenvalue weighted by molar-refractivity contribution is -0.146. The molecule has 0 radical (unpaired) electrons. The van der Waals surface area contributed by atoms with Gasteiger partial charge < -0.3 is 9.84 Å². The molecule has 0 atom stereocenters. The van der Waals surface area contributed by atoms with Crippen molar-refractivity contribution in [1.82, 2.24) is 14.9 Å². The molecule has 7 nitrogen and oxygen atoms in total. The Bertz CT molecular complexity index is 609. The van der Waals surface area contributed by atoms with Crippen LogP contribution in [0.25, 0.3) is 0 Å². The molecule has 2 rings (SSSR count). The number of alkyl halides is 3. The standard InChI is InChI=1S/C12H19F3N4O3S/c1-2-23(20,21)16-7-8-3-5-9(6-4-8)17-11-18-10(19-22-11)12(13,14)15/h8-9,16H,2-7H2,1H3,(H,17,18,19)/t8-,9-. The van der Waals surface area contributed by atoms with Crippen molar-refractivity contribution in [3.63, 3.8) is 0 Å². The molecule has 0 aliphatic heterocycles. The fourth-order valence-corrected chi connectivity index (χ4v) is 3.12. The van der Waals surface area contributed by atoms with Gasteiger partial charge in [-0.15, -0.1) is 0 Å². The van der Waals surface area contributed by atoms with Crippen LogP contribution in [0.4, 0.5) is 19.2 Å². The van der Waals surface area contributed by atoms with Crippen molar-refractivity contribution < 1.29 is 26.1 Å². The molecule has 0 amide bonds. The summed E-state index contributed by atoms with van der Waals surface area (Å²) in [6.07, 6.45) is -1.70. The molecule has 2 N–H and O–H groups in total. The number of halogens is 3. The highest BCUT2D eigenvalue weighted by molar-refractivity contribution is 7.89. The molecular weight excluding hydrogens is 337 g/mol. The molecule has 0 unspecified atom stereocenters. The molecule has 1 fully saturated rings. The van der Waals surface area contributed by atoms with Crippen molar-refractivity contribution in [2.24, 2.45) is 5.92 Å². The van der Waals surface area contributed by atoms with E-state index in [-0.39, 0.29) is 23.7 Å². The average molecular weight is 356 g/mol. The first-order valence-corrected chi connectivity index (χ1v) is 8.99. The first-order valence-electron chi connectivity index (χ1n) is 7.34. The second-order valence-corrected chi connectivity index (χ2v) is 7.63. The Balaban J connectivity index is 1.78. The van der Waals surface area contributed by atoms with Crippen LogP contribution >= 0.6 is 0 Å². The quantitative estimate of drug-likeness (QED) is 0.809. The zero-order valence-corrected chi connectivity index (χ0v) is 13.4. The summed E-state index contributed by atoms with van der Waals surface area (Å²) in [7, 11) is -3.20. The molecular formula is C12H19F3N4O3S. The number of hydrogen-bond donors (Lipinski definition) is 2. The van der Waals surface area contributed by atoms with E-state index in [9.17, 15) is 21.6 Å². The van der Waals surface area contributed by atoms with Gasteiger partial charge in [-0.3, -0.25) is 0 Å². The van der Waals surface area contributed by atoms with E-state index in [4.69, 9.17) is 0 Å². The van der Waals surface area contributed by atoms with Gasteiger partial charge in [0, 0.05) is 12.6 Å². The van der Waals surface area contributed by atoms with E-state index in [2.05, 4.69) is 24.7 Å². The van der Waals surface area contributed by atoms with E-state index < -0.39 is 22.0 Å². The van der Waals surface area contributed by atoms with Crippen molar-refractivity contribution in [2.45, 2.75) is 44.8 Å². The molecule has 1 saturated carbocycles. The van der Waals surface area contributed by atoms with Crippen LogP contribution in [0.5, 0.6) is 0 Å². The second-order valence-electron chi connectivity index (χ2n) is 5.53. The van der Waals surface area contributed by atoms with Crippen molar-refractivity contribution in [2.75, 3.05) is 17.6 Å². The Kier molecular flexibility index (Phi) is 5.50. The largest absolute Gasteiger partial charge is 0.455 e. The van der Waals surface area contributed by atoms with Gasteiger partial charge in [-0.25, -0.2) is 13.1 Å². The predicted octanol–water partition coefficient (Wildman–Crippen LogP) is 2.00. The van der Waals surface area contributed by atoms with Crippen LogP contribution in [-0.2, 0) is 16.2 Å². The average Bonchev–Trinajstić information content (AvgIpc) is 2.95. The Morgan fingerprint density at radius 2 is 1.91 bits per heavy atom. The third-order valence-electron chi connectivity index (χ3n) is 3.83. The first-order chi connectivity index (χ1) is 10.7. The topological polar surface area (TPSA) is 97.1 Å². The summed E-state index contributed by atoms with van der Waals surface area (Å²) in [4.78, 5) is 3.27. The molecule has 1 aliphatic rings. The van der Waals surface area contributed by atoms with Crippen molar-refractivity contribution in [3.05, 3.63) is 5.82 Å². The lowest BCUT2D eigenvalue weighted by Gasteiger charge is -2.28. The van der Waals surface area contributed by atoms with Gasteiger partial charge in [0.2, 0.25) is 10.0 Å². The van der Waals surface area contributed by atoms with E-state index in [1.165, 1.54) is 0 Å². The molecule has 1 aliphatic carbocycles. The summed E-state index contributed by atoms with van der Waals surface area (Å²) in [6.45, 7) is 1.96. The number of nitrogens with zero attached hydrogens (tertiary/aromatic N) is 2. The van der Waals surface area contributed by atoms with Gasteiger partial charge >= 0.3 is 12.2 Å². The minimum Gasteiger partial charge on any atom is -0.335 e. The summed E-state index contributed by atoms with van der Waals surface area (Å²) < 4.78 is 67.0. The monoisotopic (exact) mass is 356 g/mol. The lowest BCUT2D eigenvalue weighted by atomic mass is 9.86. The van der Waals surface area contributed by atoms with E-state index in [0.717, 1.165) is 12.8 Å². The highest BCUT2D eigenvalue weighted by Gasteiger charge is 2.37. The maximum Gasteiger partial charge on any atom is 0.455 e. The van der Waals surface area contributed by atoms with E-state index in [0.29, 0.717) is 19.4 Å². The Hall–Kier alpha value is -1.36. The third-order valence-corrected chi connectivity index (χ3v) is 5.19. The highest BCUT2D eigenvalue weighted by atomic mass is 32.2. The molecule has 1 heterocycles. The fourth-order valence-electron chi connectivity index (χ4n) is 2.43. The smallest absolute Gasteiger partial charge is 0.335 e. The number of anilines is 1. The minimum absolute atomic E-state index is 0.0442. The molecule has 23 heavy (non-hydrogen) atoms. The van der Waals surface area contributed by atoms with Gasteiger partial charge in [0.15, 0.2) is 0 Å². The molecule has 132 valence electrons. The number of hydrogen-bond acceptors (Lipinski definition) is 6. The summed E-state index contributed by atoms with van der Waals surface area (Å²) in [6, 6.07) is -0.303. The van der Waals surface area contributed by atoms with Gasteiger partial charge in [-0.05, 0) is 43.7 Å². The minimum atomic E-state index is -4.63. The summed E-state index contributed by atoms with van der Waals surface area (Å²) >= 11 is 0. The molecule has 0 aromatic carbocycles. The molecule has 0 bridgehead atoms. The number of aromatic nitrogens is 2. The number of nitrogens with one attached hydrogen (secondary N) is 2. The van der Waals surface area contributed by atoms with Gasteiger partial charge in [0.1, 0.15) is 0 Å². The summed E-state index contributed by atoms with van der Waals surface area (Å²) in [5.74, 6) is -1.03. The Labute approximate surface area is 132 Å². The Morgan fingerprint density at radius 3 is 2.43 bits per heavy atom. The van der Waals surface area contributed by atoms with Crippen LogP contribution in [0, 0.1) is 5.92 Å². The van der Waals surface area contributed by atoms with Crippen LogP contribution in [0.2, 0.25) is 0 Å². The normalized spacial score (nSPS) is 23.0. The highest BCUT2D eigenvalue weighted by Crippen LogP contribution is 2.29. The van der Waals surface area contributed by atoms with Crippen LogP contribution in [0.1, 0.15) is 38.4 Å². The van der Waals surface area contributed by atoms with Crippen LogP contribution in [-0.4, -0.2) is 36.9 Å². The maximum atomic E-state index is 12.4. The second kappa shape index (κ2) is 7.04. The van der Waals surface area contributed by atoms with E-state index in [1.54, 1.807) is 6.92 Å². The molecule has 1 aromatic rings. The molecule has 1 aromatic heterocycles. The van der Waals surface area contributed by atoms with Crippen LogP contribution in [0.15, 0.2) is 4.52 Å². The first kappa shape index (κ1) is 18.0. The van der Waals surface area contributed by atoms with Crippen molar-refractivity contribution in [3.8, 4) is 0 Å². The predicted molar refractivity (Wildman–Crippen MR) is 76.1 cm³/mol. The summed E-state index contributed by atoms with van der Waals surface area (Å²) in [5.41, 5.74) is 0. The maximum absolute atomic E-state index is 12.4. The molecule has 0 saturated heterocycles. The van der Waals surface area contributed by atoms with E-state index >= 15 is 0 Å². The zero-order chi connectivity index (χ0) is 17.1. The van der Waals surface area contributed by atoms with Crippen molar-refractivity contribution in [1.29, 1.82) is 0 Å². The van der Waals surface area contributed by atoms with Crippen molar-refractivity contribution >= 4 is 16.0 Å². The van der Waals surface area contributed by atoms with Gasteiger partial charge in [0.05, 0.1) is 5.75 Å². The number of sulfonamides is 1. The molecule has 0 spiro atoms. The van der Waals surface area contributed by atoms with Gasteiger partial charge in [-0.2, -0.15) is 18.2 Å². The number of rotatable bonds is 6. The lowest BCUT2D eigenvalue weighted by Crippen LogP contribution is -2.34. The van der Waals surface area contributed by atoms with Gasteiger partial charge in [-0.1, -0.05) is 0 Å². The van der Waals surface area contributed by atoms with Gasteiger partial charge in [0.25, 0.3) is 5.82 Å². The van der Waals surface area contributed by atoms with Crippen LogP contribution in [0.3, 0.4) is 0 Å². The molecule has 11 heteroatoms. The zero-order valence-electron chi connectivity index (χ0n) is 12.6. The van der Waals surface area contributed by atoms with Crippen LogP contribution < -0.4 is 10.0 Å². The summed E-state index contributed by atoms with van der Waals surface area (Å²) in [5, 5.41) is 5.68. The fraction of sp³-hybridized carbons (Fsp3) is 0.833. The Morgan fingerprint density at radius 1 is 1.26 bits per heavy atom. The third kappa shape index (κ3) is 5.34. The SMILES string of the molecule is CCS(=O)(=O)NC[C@H]1CC[C@H](Nc2nc(C(F)(F)F)no2)CC1.